The van der Waals surface area contributed by atoms with Crippen molar-refractivity contribution in [3.05, 3.63) is 0 Å². The van der Waals surface area contributed by atoms with E-state index in [-0.39, 0.29) is 17.4 Å². The van der Waals surface area contributed by atoms with Gasteiger partial charge in [-0.05, 0) is 26.7 Å². The molecule has 2 aliphatic heterocycles. The third-order valence-electron chi connectivity index (χ3n) is 4.08. The molecule has 1 atom stereocenters. The lowest BCUT2D eigenvalue weighted by Gasteiger charge is -2.51. The minimum absolute atomic E-state index is 0.0529. The number of carbonyl (C=O) groups is 2. The molecule has 0 spiro atoms. The van der Waals surface area contributed by atoms with Crippen LogP contribution in [0.2, 0.25) is 0 Å². The number of hydrogen-bond donors (Lipinski definition) is 0. The summed E-state index contributed by atoms with van der Waals surface area (Å²) in [5.74, 6) is 0.561. The zero-order valence-corrected chi connectivity index (χ0v) is 12.5. The van der Waals surface area contributed by atoms with Crippen molar-refractivity contribution in [1.29, 1.82) is 0 Å². The average molecular weight is 268 g/mol. The van der Waals surface area contributed by atoms with Crippen LogP contribution in [0.1, 0.15) is 34.1 Å². The highest BCUT2D eigenvalue weighted by Crippen LogP contribution is 2.42. The summed E-state index contributed by atoms with van der Waals surface area (Å²) >= 11 is 0. The van der Waals surface area contributed by atoms with Crippen molar-refractivity contribution in [2.45, 2.75) is 39.7 Å². The third-order valence-corrected chi connectivity index (χ3v) is 4.08. The first kappa shape index (κ1) is 14.2. The molecule has 0 saturated carbocycles. The highest BCUT2D eigenvalue weighted by Gasteiger charge is 2.50. The smallest absolute Gasteiger partial charge is 0.410 e. The highest BCUT2D eigenvalue weighted by molar-refractivity contribution is 5.78. The monoisotopic (exact) mass is 268 g/mol. The molecule has 0 bridgehead atoms. The van der Waals surface area contributed by atoms with E-state index in [4.69, 9.17) is 4.74 Å². The van der Waals surface area contributed by atoms with Crippen LogP contribution in [0.5, 0.6) is 0 Å². The Bertz CT molecular complexity index is 394. The summed E-state index contributed by atoms with van der Waals surface area (Å²) in [5.41, 5.74) is -0.399. The van der Waals surface area contributed by atoms with Gasteiger partial charge in [-0.25, -0.2) is 4.79 Å². The lowest BCUT2D eigenvalue weighted by atomic mass is 9.70. The molecule has 19 heavy (non-hydrogen) atoms. The first-order valence-electron chi connectivity index (χ1n) is 6.83. The minimum Gasteiger partial charge on any atom is -0.444 e. The molecule has 2 rings (SSSR count). The Kier molecular flexibility index (Phi) is 3.27. The quantitative estimate of drug-likeness (QED) is 0.727. The van der Waals surface area contributed by atoms with Gasteiger partial charge in [0.15, 0.2) is 0 Å². The normalized spacial score (nSPS) is 26.4. The molecule has 0 N–H and O–H groups in total. The lowest BCUT2D eigenvalue weighted by Crippen LogP contribution is -2.61. The molecule has 0 aromatic heterocycles. The maximum Gasteiger partial charge on any atom is 0.410 e. The van der Waals surface area contributed by atoms with Crippen molar-refractivity contribution in [2.75, 3.05) is 26.7 Å². The van der Waals surface area contributed by atoms with Crippen LogP contribution in [-0.4, -0.2) is 54.1 Å². The van der Waals surface area contributed by atoms with Gasteiger partial charge < -0.3 is 14.5 Å². The number of likely N-dealkylation sites (tertiary alicyclic amines) is 2. The fourth-order valence-corrected chi connectivity index (χ4v) is 2.87. The molecule has 0 radical (unpaired) electrons. The van der Waals surface area contributed by atoms with Gasteiger partial charge in [0.1, 0.15) is 5.60 Å². The third kappa shape index (κ3) is 2.85. The highest BCUT2D eigenvalue weighted by atomic mass is 16.6. The van der Waals surface area contributed by atoms with Gasteiger partial charge in [-0.15, -0.1) is 0 Å². The molecule has 0 aromatic carbocycles. The predicted molar refractivity (Wildman–Crippen MR) is 71.7 cm³/mol. The van der Waals surface area contributed by atoms with Gasteiger partial charge in [0, 0.05) is 38.5 Å². The van der Waals surface area contributed by atoms with Crippen LogP contribution in [-0.2, 0) is 9.53 Å². The van der Waals surface area contributed by atoms with E-state index in [0.717, 1.165) is 6.54 Å². The molecule has 5 heteroatoms. The summed E-state index contributed by atoms with van der Waals surface area (Å²) in [7, 11) is 1.84. The Morgan fingerprint density at radius 3 is 2.37 bits per heavy atom. The largest absolute Gasteiger partial charge is 0.444 e. The standard InChI is InChI=1S/C14H24N2O3/c1-13(2,3)19-12(18)16-8-14(4,9-16)10-6-11(17)15(5)7-10/h10H,6-9H2,1-5H3. The van der Waals surface area contributed by atoms with Crippen LogP contribution >= 0.6 is 0 Å². The van der Waals surface area contributed by atoms with Gasteiger partial charge in [0.05, 0.1) is 0 Å². The number of hydrogen-bond acceptors (Lipinski definition) is 3. The fourth-order valence-electron chi connectivity index (χ4n) is 2.87. The lowest BCUT2D eigenvalue weighted by molar-refractivity contribution is -0.126. The van der Waals surface area contributed by atoms with Crippen LogP contribution in [0, 0.1) is 11.3 Å². The summed E-state index contributed by atoms with van der Waals surface area (Å²) in [4.78, 5) is 27.0. The summed E-state index contributed by atoms with van der Waals surface area (Å²) in [6, 6.07) is 0. The van der Waals surface area contributed by atoms with Crippen LogP contribution < -0.4 is 0 Å². The van der Waals surface area contributed by atoms with Gasteiger partial charge in [-0.1, -0.05) is 6.92 Å². The maximum atomic E-state index is 11.9. The van der Waals surface area contributed by atoms with Crippen molar-refractivity contribution in [2.24, 2.45) is 11.3 Å². The molecule has 2 aliphatic rings. The van der Waals surface area contributed by atoms with Gasteiger partial charge in [0.2, 0.25) is 5.91 Å². The topological polar surface area (TPSA) is 49.9 Å². The van der Waals surface area contributed by atoms with Gasteiger partial charge in [-0.3, -0.25) is 4.79 Å². The van der Waals surface area contributed by atoms with E-state index < -0.39 is 5.60 Å². The Labute approximate surface area is 114 Å². The fraction of sp³-hybridized carbons (Fsp3) is 0.857. The van der Waals surface area contributed by atoms with Crippen LogP contribution in [0.3, 0.4) is 0 Å². The van der Waals surface area contributed by atoms with Crippen LogP contribution in [0.25, 0.3) is 0 Å². The Morgan fingerprint density at radius 2 is 1.95 bits per heavy atom. The summed E-state index contributed by atoms with van der Waals surface area (Å²) in [6.45, 7) is 9.95. The van der Waals surface area contributed by atoms with E-state index in [0.29, 0.717) is 25.4 Å². The molecule has 108 valence electrons. The molecule has 1 unspecified atom stereocenters. The average Bonchev–Trinajstić information content (AvgIpc) is 2.52. The van der Waals surface area contributed by atoms with Crippen molar-refractivity contribution < 1.29 is 14.3 Å². The van der Waals surface area contributed by atoms with Crippen molar-refractivity contribution in [3.8, 4) is 0 Å². The molecule has 0 aromatic rings. The van der Waals surface area contributed by atoms with E-state index in [1.54, 1.807) is 9.80 Å². The summed E-state index contributed by atoms with van der Waals surface area (Å²) in [5, 5.41) is 0. The second kappa shape index (κ2) is 4.39. The Hall–Kier alpha value is -1.26. The van der Waals surface area contributed by atoms with Crippen molar-refractivity contribution in [1.82, 2.24) is 9.80 Å². The van der Waals surface area contributed by atoms with E-state index in [1.165, 1.54) is 0 Å². The minimum atomic E-state index is -0.452. The zero-order valence-electron chi connectivity index (χ0n) is 12.5. The number of nitrogens with zero attached hydrogens (tertiary/aromatic N) is 2. The Morgan fingerprint density at radius 1 is 1.37 bits per heavy atom. The predicted octanol–water partition coefficient (Wildman–Crippen LogP) is 1.72. The number of rotatable bonds is 1. The zero-order chi connectivity index (χ0) is 14.4. The van der Waals surface area contributed by atoms with E-state index in [9.17, 15) is 9.59 Å². The second-order valence-corrected chi connectivity index (χ2v) is 7.17. The SMILES string of the molecule is CN1CC(C2(C)CN(C(=O)OC(C)(C)C)C2)CC1=O. The van der Waals surface area contributed by atoms with Crippen molar-refractivity contribution in [3.63, 3.8) is 0 Å². The molecule has 5 nitrogen and oxygen atoms in total. The number of ether oxygens (including phenoxy) is 1. The second-order valence-electron chi connectivity index (χ2n) is 7.17. The maximum absolute atomic E-state index is 11.9. The Balaban J connectivity index is 1.88. The van der Waals surface area contributed by atoms with E-state index in [2.05, 4.69) is 6.92 Å². The van der Waals surface area contributed by atoms with Gasteiger partial charge >= 0.3 is 6.09 Å². The number of amides is 2. The van der Waals surface area contributed by atoms with Crippen LogP contribution in [0.4, 0.5) is 4.79 Å². The molecule has 0 aliphatic carbocycles. The van der Waals surface area contributed by atoms with Crippen molar-refractivity contribution >= 4 is 12.0 Å². The molecular formula is C14H24N2O3. The van der Waals surface area contributed by atoms with E-state index >= 15 is 0 Å². The van der Waals surface area contributed by atoms with E-state index in [1.807, 2.05) is 27.8 Å². The summed E-state index contributed by atoms with van der Waals surface area (Å²) in [6.07, 6.45) is 0.359. The summed E-state index contributed by atoms with van der Waals surface area (Å²) < 4.78 is 5.35. The molecule has 2 fully saturated rings. The van der Waals surface area contributed by atoms with Crippen LogP contribution in [0.15, 0.2) is 0 Å². The molecule has 2 amide bonds. The molecule has 2 heterocycles. The van der Waals surface area contributed by atoms with Gasteiger partial charge in [0.25, 0.3) is 0 Å². The number of carbonyl (C=O) groups excluding carboxylic acids is 2. The first-order chi connectivity index (χ1) is 8.61. The molecule has 2 saturated heterocycles. The molecular weight excluding hydrogens is 244 g/mol. The van der Waals surface area contributed by atoms with Gasteiger partial charge in [-0.2, -0.15) is 0 Å². The first-order valence-corrected chi connectivity index (χ1v) is 6.83.